The lowest BCUT2D eigenvalue weighted by Crippen LogP contribution is -2.21. The lowest BCUT2D eigenvalue weighted by atomic mass is 9.99. The zero-order valence-corrected chi connectivity index (χ0v) is 12.3. The molecule has 0 aliphatic carbocycles. The smallest absolute Gasteiger partial charge is 0.113 e. The van der Waals surface area contributed by atoms with Gasteiger partial charge in [0.05, 0.1) is 6.54 Å². The Balaban J connectivity index is 2.10. The van der Waals surface area contributed by atoms with Gasteiger partial charge >= 0.3 is 0 Å². The van der Waals surface area contributed by atoms with E-state index in [4.69, 9.17) is 0 Å². The molecule has 1 unspecified atom stereocenters. The van der Waals surface area contributed by atoms with Crippen molar-refractivity contribution in [2.24, 2.45) is 5.92 Å². The minimum Gasteiger partial charge on any atom is -0.347 e. The molecule has 4 heteroatoms. The largest absolute Gasteiger partial charge is 0.347 e. The van der Waals surface area contributed by atoms with Crippen LogP contribution in [0.25, 0.3) is 0 Å². The van der Waals surface area contributed by atoms with E-state index in [0.717, 1.165) is 12.2 Å². The van der Waals surface area contributed by atoms with E-state index >= 15 is 0 Å². The van der Waals surface area contributed by atoms with Crippen LogP contribution < -0.4 is 5.32 Å². The van der Waals surface area contributed by atoms with Crippen LogP contribution in [0.5, 0.6) is 0 Å². The zero-order chi connectivity index (χ0) is 13.1. The van der Waals surface area contributed by atoms with Crippen molar-refractivity contribution in [2.75, 3.05) is 7.05 Å². The maximum absolute atomic E-state index is 4.50. The van der Waals surface area contributed by atoms with Crippen LogP contribution in [0, 0.1) is 12.8 Å². The minimum atomic E-state index is 0.421. The van der Waals surface area contributed by atoms with Gasteiger partial charge in [0.25, 0.3) is 0 Å². The van der Waals surface area contributed by atoms with Gasteiger partial charge in [-0.2, -0.15) is 0 Å². The van der Waals surface area contributed by atoms with Crippen LogP contribution in [0.1, 0.15) is 36.2 Å². The Bertz CT molecular complexity index is 499. The predicted octanol–water partition coefficient (Wildman–Crippen LogP) is 3.22. The summed E-state index contributed by atoms with van der Waals surface area (Å²) in [6.45, 7) is 7.38. The fourth-order valence-corrected chi connectivity index (χ4v) is 3.04. The Labute approximate surface area is 113 Å². The summed E-state index contributed by atoms with van der Waals surface area (Å²) in [5.41, 5.74) is 2.46. The first-order valence-electron chi connectivity index (χ1n) is 6.34. The summed E-state index contributed by atoms with van der Waals surface area (Å²) in [7, 11) is 2.02. The third-order valence-electron chi connectivity index (χ3n) is 3.09. The molecule has 3 nitrogen and oxygen atoms in total. The maximum Gasteiger partial charge on any atom is 0.113 e. The predicted molar refractivity (Wildman–Crippen MR) is 77.0 cm³/mol. The van der Waals surface area contributed by atoms with E-state index in [9.17, 15) is 0 Å². The highest BCUT2D eigenvalue weighted by atomic mass is 32.1. The third kappa shape index (κ3) is 3.00. The van der Waals surface area contributed by atoms with Crippen molar-refractivity contribution < 1.29 is 0 Å². The molecule has 0 aromatic carbocycles. The van der Waals surface area contributed by atoms with Crippen LogP contribution in [0.15, 0.2) is 23.8 Å². The van der Waals surface area contributed by atoms with Crippen LogP contribution in [0.3, 0.4) is 0 Å². The Morgan fingerprint density at radius 3 is 2.78 bits per heavy atom. The van der Waals surface area contributed by atoms with Gasteiger partial charge in [0, 0.05) is 29.5 Å². The molecule has 0 saturated carbocycles. The molecule has 18 heavy (non-hydrogen) atoms. The fraction of sp³-hybridized carbons (Fsp3) is 0.500. The summed E-state index contributed by atoms with van der Waals surface area (Å²) in [6, 6.07) is 2.62. The quantitative estimate of drug-likeness (QED) is 0.897. The second kappa shape index (κ2) is 5.67. The highest BCUT2D eigenvalue weighted by molar-refractivity contribution is 7.09. The van der Waals surface area contributed by atoms with Crippen LogP contribution in [0.4, 0.5) is 0 Å². The number of aryl methyl sites for hydroxylation is 1. The molecule has 2 heterocycles. The van der Waals surface area contributed by atoms with Crippen LogP contribution >= 0.6 is 11.3 Å². The number of rotatable bonds is 5. The number of hydrogen-bond donors (Lipinski definition) is 1. The number of thiazole rings is 1. The van der Waals surface area contributed by atoms with E-state index in [2.05, 4.69) is 52.6 Å². The van der Waals surface area contributed by atoms with Crippen molar-refractivity contribution in [2.45, 2.75) is 33.4 Å². The molecule has 0 radical (unpaired) electrons. The monoisotopic (exact) mass is 263 g/mol. The lowest BCUT2D eigenvalue weighted by molar-refractivity contribution is 0.443. The van der Waals surface area contributed by atoms with E-state index in [-0.39, 0.29) is 0 Å². The summed E-state index contributed by atoms with van der Waals surface area (Å²) < 4.78 is 2.21. The fourth-order valence-electron chi connectivity index (χ4n) is 2.26. The van der Waals surface area contributed by atoms with Gasteiger partial charge in [-0.15, -0.1) is 11.3 Å². The van der Waals surface area contributed by atoms with Gasteiger partial charge < -0.3 is 9.88 Å². The zero-order valence-electron chi connectivity index (χ0n) is 11.5. The van der Waals surface area contributed by atoms with Crippen molar-refractivity contribution in [1.29, 1.82) is 0 Å². The van der Waals surface area contributed by atoms with E-state index in [0.29, 0.717) is 12.0 Å². The topological polar surface area (TPSA) is 29.9 Å². The SMILES string of the molecule is CNC(c1ccn(Cc2nc(C)cs2)c1)C(C)C. The molecule has 1 N–H and O–H groups in total. The average molecular weight is 263 g/mol. The van der Waals surface area contributed by atoms with Gasteiger partial charge in [-0.05, 0) is 31.5 Å². The van der Waals surface area contributed by atoms with E-state index < -0.39 is 0 Å². The number of aromatic nitrogens is 2. The Kier molecular flexibility index (Phi) is 4.19. The van der Waals surface area contributed by atoms with Crippen molar-refractivity contribution in [3.8, 4) is 0 Å². The summed E-state index contributed by atoms with van der Waals surface area (Å²) in [5, 5.41) is 6.64. The standard InChI is InChI=1S/C14H21N3S/c1-10(2)14(15-4)12-5-6-17(7-12)8-13-16-11(3)9-18-13/h5-7,9-10,14-15H,8H2,1-4H3. The molecule has 0 spiro atoms. The molecule has 0 saturated heterocycles. The Hall–Kier alpha value is -1.13. The molecule has 98 valence electrons. The van der Waals surface area contributed by atoms with E-state index in [1.807, 2.05) is 14.0 Å². The first-order chi connectivity index (χ1) is 8.60. The second-order valence-electron chi connectivity index (χ2n) is 5.01. The van der Waals surface area contributed by atoms with E-state index in [1.165, 1.54) is 10.6 Å². The number of nitrogens with one attached hydrogen (secondary N) is 1. The molecule has 0 aliphatic rings. The second-order valence-corrected chi connectivity index (χ2v) is 5.95. The Morgan fingerprint density at radius 1 is 1.44 bits per heavy atom. The highest BCUT2D eigenvalue weighted by Crippen LogP contribution is 2.22. The van der Waals surface area contributed by atoms with Gasteiger partial charge in [-0.25, -0.2) is 4.98 Å². The molecular weight excluding hydrogens is 242 g/mol. The summed E-state index contributed by atoms with van der Waals surface area (Å²) in [5.74, 6) is 0.591. The van der Waals surface area contributed by atoms with Crippen LogP contribution in [0.2, 0.25) is 0 Å². The van der Waals surface area contributed by atoms with Gasteiger partial charge in [0.15, 0.2) is 0 Å². The minimum absolute atomic E-state index is 0.421. The molecule has 0 bridgehead atoms. The van der Waals surface area contributed by atoms with Gasteiger partial charge in [-0.1, -0.05) is 13.8 Å². The average Bonchev–Trinajstić information content (AvgIpc) is 2.90. The van der Waals surface area contributed by atoms with Gasteiger partial charge in [0.2, 0.25) is 0 Å². The van der Waals surface area contributed by atoms with Crippen molar-refractivity contribution in [3.63, 3.8) is 0 Å². The maximum atomic E-state index is 4.50. The van der Waals surface area contributed by atoms with Crippen molar-refractivity contribution in [3.05, 3.63) is 40.1 Å². The molecule has 1 atom stereocenters. The molecule has 0 aliphatic heterocycles. The summed E-state index contributed by atoms with van der Waals surface area (Å²) in [6.07, 6.45) is 4.36. The third-order valence-corrected chi connectivity index (χ3v) is 4.05. The Morgan fingerprint density at radius 2 is 2.22 bits per heavy atom. The molecule has 2 aromatic heterocycles. The first kappa shape index (κ1) is 13.3. The van der Waals surface area contributed by atoms with Gasteiger partial charge in [-0.3, -0.25) is 0 Å². The number of nitrogens with zero attached hydrogens (tertiary/aromatic N) is 2. The van der Waals surface area contributed by atoms with Gasteiger partial charge in [0.1, 0.15) is 5.01 Å². The normalized spacial score (nSPS) is 13.2. The van der Waals surface area contributed by atoms with Crippen LogP contribution in [-0.4, -0.2) is 16.6 Å². The molecule has 2 rings (SSSR count). The number of hydrogen-bond acceptors (Lipinski definition) is 3. The summed E-state index contributed by atoms with van der Waals surface area (Å²) in [4.78, 5) is 4.50. The van der Waals surface area contributed by atoms with Crippen molar-refractivity contribution in [1.82, 2.24) is 14.9 Å². The molecule has 0 fully saturated rings. The highest BCUT2D eigenvalue weighted by Gasteiger charge is 2.14. The summed E-state index contributed by atoms with van der Waals surface area (Å²) >= 11 is 1.73. The van der Waals surface area contributed by atoms with E-state index in [1.54, 1.807) is 11.3 Å². The van der Waals surface area contributed by atoms with Crippen molar-refractivity contribution >= 4 is 11.3 Å². The molecule has 0 amide bonds. The first-order valence-corrected chi connectivity index (χ1v) is 7.22. The molecular formula is C14H21N3S. The molecule has 2 aromatic rings. The lowest BCUT2D eigenvalue weighted by Gasteiger charge is -2.18. The van der Waals surface area contributed by atoms with Crippen LogP contribution in [-0.2, 0) is 6.54 Å².